The van der Waals surface area contributed by atoms with Crippen molar-refractivity contribution in [2.75, 3.05) is 6.54 Å². The van der Waals surface area contributed by atoms with Crippen molar-refractivity contribution >= 4 is 11.8 Å². The number of hydrogen-bond donors (Lipinski definition) is 1. The van der Waals surface area contributed by atoms with Crippen molar-refractivity contribution in [1.82, 2.24) is 10.2 Å². The lowest BCUT2D eigenvalue weighted by Crippen LogP contribution is -2.43. The van der Waals surface area contributed by atoms with E-state index < -0.39 is 6.04 Å². The third kappa shape index (κ3) is 6.19. The number of hydrogen-bond acceptors (Lipinski definition) is 2. The maximum absolute atomic E-state index is 13.3. The quantitative estimate of drug-likeness (QED) is 0.608. The maximum atomic E-state index is 13.3. The molecule has 1 atom stereocenters. The standard InChI is InChI=1S/C23H29FN2O2/c1-3-5-9-16-25-23(28)22(19-10-7-6-8-11-19)26(21(27)4-2)17-18-12-14-20(24)15-13-18/h6-8,10-15,22H,3-5,9,16-17H2,1-2H3,(H,25,28)/t22-/m1/s1. The number of benzene rings is 2. The molecule has 4 nitrogen and oxygen atoms in total. The number of carbonyl (C=O) groups excluding carboxylic acids is 2. The Kier molecular flexibility index (Phi) is 8.66. The van der Waals surface area contributed by atoms with Gasteiger partial charge < -0.3 is 10.2 Å². The van der Waals surface area contributed by atoms with Crippen molar-refractivity contribution in [3.05, 3.63) is 71.5 Å². The number of carbonyl (C=O) groups is 2. The Morgan fingerprint density at radius 3 is 2.29 bits per heavy atom. The Hall–Kier alpha value is -2.69. The number of amides is 2. The van der Waals surface area contributed by atoms with Crippen molar-refractivity contribution < 1.29 is 14.0 Å². The van der Waals surface area contributed by atoms with Crippen LogP contribution in [0.3, 0.4) is 0 Å². The zero-order valence-electron chi connectivity index (χ0n) is 16.7. The molecule has 5 heteroatoms. The molecule has 2 rings (SSSR count). The highest BCUT2D eigenvalue weighted by Crippen LogP contribution is 2.24. The zero-order chi connectivity index (χ0) is 20.4. The Labute approximate surface area is 166 Å². The molecule has 0 aliphatic rings. The van der Waals surface area contributed by atoms with Crippen LogP contribution in [0.5, 0.6) is 0 Å². The van der Waals surface area contributed by atoms with Gasteiger partial charge in [0, 0.05) is 19.5 Å². The summed E-state index contributed by atoms with van der Waals surface area (Å²) < 4.78 is 13.3. The predicted octanol–water partition coefficient (Wildman–Crippen LogP) is 4.61. The molecule has 0 radical (unpaired) electrons. The highest BCUT2D eigenvalue weighted by Gasteiger charge is 2.30. The predicted molar refractivity (Wildman–Crippen MR) is 109 cm³/mol. The highest BCUT2D eigenvalue weighted by molar-refractivity contribution is 5.88. The molecule has 0 aliphatic carbocycles. The summed E-state index contributed by atoms with van der Waals surface area (Å²) in [5.74, 6) is -0.640. The van der Waals surface area contributed by atoms with E-state index in [2.05, 4.69) is 12.2 Å². The van der Waals surface area contributed by atoms with E-state index >= 15 is 0 Å². The molecule has 0 fully saturated rings. The average molecular weight is 384 g/mol. The van der Waals surface area contributed by atoms with E-state index in [1.807, 2.05) is 30.3 Å². The monoisotopic (exact) mass is 384 g/mol. The van der Waals surface area contributed by atoms with Crippen molar-refractivity contribution in [3.8, 4) is 0 Å². The van der Waals surface area contributed by atoms with Gasteiger partial charge in [-0.05, 0) is 29.7 Å². The summed E-state index contributed by atoms with van der Waals surface area (Å²) >= 11 is 0. The van der Waals surface area contributed by atoms with Gasteiger partial charge in [0.2, 0.25) is 11.8 Å². The number of nitrogens with one attached hydrogen (secondary N) is 1. The Morgan fingerprint density at radius 1 is 1.00 bits per heavy atom. The lowest BCUT2D eigenvalue weighted by Gasteiger charge is -2.31. The SMILES string of the molecule is CCCCCNC(=O)[C@@H](c1ccccc1)N(Cc1ccc(F)cc1)C(=O)CC. The van der Waals surface area contributed by atoms with Crippen molar-refractivity contribution in [2.24, 2.45) is 0 Å². The summed E-state index contributed by atoms with van der Waals surface area (Å²) in [6.07, 6.45) is 3.31. The van der Waals surface area contributed by atoms with Crippen LogP contribution < -0.4 is 5.32 Å². The fourth-order valence-electron chi connectivity index (χ4n) is 3.10. The molecule has 1 N–H and O–H groups in total. The maximum Gasteiger partial charge on any atom is 0.247 e. The summed E-state index contributed by atoms with van der Waals surface area (Å²) in [6.45, 7) is 4.72. The smallest absolute Gasteiger partial charge is 0.247 e. The van der Waals surface area contributed by atoms with E-state index in [1.165, 1.54) is 12.1 Å². The second kappa shape index (κ2) is 11.2. The number of nitrogens with zero attached hydrogens (tertiary/aromatic N) is 1. The second-order valence-corrected chi connectivity index (χ2v) is 6.81. The fourth-order valence-corrected chi connectivity index (χ4v) is 3.10. The molecule has 0 saturated carbocycles. The molecule has 0 saturated heterocycles. The lowest BCUT2D eigenvalue weighted by atomic mass is 10.0. The van der Waals surface area contributed by atoms with Crippen LogP contribution in [0.1, 0.15) is 56.7 Å². The number of halogens is 1. The Morgan fingerprint density at radius 2 is 1.68 bits per heavy atom. The van der Waals surface area contributed by atoms with Gasteiger partial charge in [-0.1, -0.05) is 69.2 Å². The first kappa shape index (κ1) is 21.6. The first-order valence-electron chi connectivity index (χ1n) is 9.93. The molecular weight excluding hydrogens is 355 g/mol. The van der Waals surface area contributed by atoms with Crippen molar-refractivity contribution in [3.63, 3.8) is 0 Å². The van der Waals surface area contributed by atoms with Crippen LogP contribution in [0.2, 0.25) is 0 Å². The zero-order valence-corrected chi connectivity index (χ0v) is 16.7. The van der Waals surface area contributed by atoms with Crippen LogP contribution in [-0.4, -0.2) is 23.3 Å². The molecule has 2 aromatic rings. The molecule has 0 bridgehead atoms. The third-order valence-electron chi connectivity index (χ3n) is 4.64. The summed E-state index contributed by atoms with van der Waals surface area (Å²) in [5, 5.41) is 2.98. The minimum Gasteiger partial charge on any atom is -0.354 e. The van der Waals surface area contributed by atoms with E-state index in [9.17, 15) is 14.0 Å². The molecule has 0 aliphatic heterocycles. The topological polar surface area (TPSA) is 49.4 Å². The normalized spacial score (nSPS) is 11.7. The van der Waals surface area contributed by atoms with E-state index in [-0.39, 0.29) is 30.6 Å². The average Bonchev–Trinajstić information content (AvgIpc) is 2.72. The molecular formula is C23H29FN2O2. The molecule has 2 amide bonds. The number of unbranched alkanes of at least 4 members (excludes halogenated alkanes) is 2. The molecule has 0 heterocycles. The minimum atomic E-state index is -0.722. The molecule has 2 aromatic carbocycles. The van der Waals surface area contributed by atoms with Crippen molar-refractivity contribution in [1.29, 1.82) is 0 Å². The first-order chi connectivity index (χ1) is 13.6. The van der Waals surface area contributed by atoms with Gasteiger partial charge in [-0.3, -0.25) is 9.59 Å². The number of rotatable bonds is 10. The van der Waals surface area contributed by atoms with Gasteiger partial charge in [-0.2, -0.15) is 0 Å². The van der Waals surface area contributed by atoms with Crippen LogP contribution >= 0.6 is 0 Å². The summed E-state index contributed by atoms with van der Waals surface area (Å²) in [4.78, 5) is 27.4. The Balaban J connectivity index is 2.30. The van der Waals surface area contributed by atoms with Crippen LogP contribution in [0.15, 0.2) is 54.6 Å². The molecule has 0 aromatic heterocycles. The van der Waals surface area contributed by atoms with Gasteiger partial charge in [0.15, 0.2) is 0 Å². The van der Waals surface area contributed by atoms with E-state index in [0.717, 1.165) is 30.4 Å². The largest absolute Gasteiger partial charge is 0.354 e. The van der Waals surface area contributed by atoms with Crippen LogP contribution in [-0.2, 0) is 16.1 Å². The van der Waals surface area contributed by atoms with Crippen LogP contribution in [0.4, 0.5) is 4.39 Å². The van der Waals surface area contributed by atoms with Gasteiger partial charge in [0.1, 0.15) is 11.9 Å². The fraction of sp³-hybridized carbons (Fsp3) is 0.391. The third-order valence-corrected chi connectivity index (χ3v) is 4.64. The second-order valence-electron chi connectivity index (χ2n) is 6.81. The van der Waals surface area contributed by atoms with Gasteiger partial charge in [0.25, 0.3) is 0 Å². The molecule has 28 heavy (non-hydrogen) atoms. The first-order valence-corrected chi connectivity index (χ1v) is 9.93. The lowest BCUT2D eigenvalue weighted by molar-refractivity contribution is -0.141. The van der Waals surface area contributed by atoms with E-state index in [0.29, 0.717) is 6.54 Å². The van der Waals surface area contributed by atoms with Gasteiger partial charge in [-0.15, -0.1) is 0 Å². The van der Waals surface area contributed by atoms with E-state index in [1.54, 1.807) is 24.0 Å². The summed E-state index contributed by atoms with van der Waals surface area (Å²) in [6, 6.07) is 14.6. The van der Waals surface area contributed by atoms with Gasteiger partial charge in [0.05, 0.1) is 0 Å². The molecule has 150 valence electrons. The van der Waals surface area contributed by atoms with Gasteiger partial charge in [-0.25, -0.2) is 4.39 Å². The van der Waals surface area contributed by atoms with E-state index in [4.69, 9.17) is 0 Å². The summed E-state index contributed by atoms with van der Waals surface area (Å²) in [5.41, 5.74) is 1.54. The van der Waals surface area contributed by atoms with Crippen molar-refractivity contribution in [2.45, 2.75) is 52.1 Å². The Bertz CT molecular complexity index is 747. The molecule has 0 spiro atoms. The molecule has 0 unspecified atom stereocenters. The van der Waals surface area contributed by atoms with Gasteiger partial charge >= 0.3 is 0 Å². The van der Waals surface area contributed by atoms with Crippen LogP contribution in [0.25, 0.3) is 0 Å². The summed E-state index contributed by atoms with van der Waals surface area (Å²) in [7, 11) is 0. The highest BCUT2D eigenvalue weighted by atomic mass is 19.1. The van der Waals surface area contributed by atoms with Crippen LogP contribution in [0, 0.1) is 5.82 Å². The minimum absolute atomic E-state index is 0.123.